The van der Waals surface area contributed by atoms with Gasteiger partial charge >= 0.3 is 19.8 Å². The van der Waals surface area contributed by atoms with Gasteiger partial charge in [0.15, 0.2) is 6.10 Å². The van der Waals surface area contributed by atoms with Crippen molar-refractivity contribution in [2.24, 2.45) is 5.73 Å². The van der Waals surface area contributed by atoms with Gasteiger partial charge in [-0.1, -0.05) is 152 Å². The van der Waals surface area contributed by atoms with Crippen LogP contribution in [0.2, 0.25) is 0 Å². The molecule has 0 saturated carbocycles. The zero-order chi connectivity index (χ0) is 37.5. The summed E-state index contributed by atoms with van der Waals surface area (Å²) in [6, 6.07) is 0. The molecule has 0 amide bonds. The van der Waals surface area contributed by atoms with Gasteiger partial charge in [0.2, 0.25) is 0 Å². The summed E-state index contributed by atoms with van der Waals surface area (Å²) in [5, 5.41) is 0. The summed E-state index contributed by atoms with van der Waals surface area (Å²) in [6.45, 7) is 3.63. The van der Waals surface area contributed by atoms with Crippen LogP contribution >= 0.6 is 7.82 Å². The van der Waals surface area contributed by atoms with Gasteiger partial charge in [0, 0.05) is 19.4 Å². The Labute approximate surface area is 311 Å². The summed E-state index contributed by atoms with van der Waals surface area (Å²) < 4.78 is 32.5. The molecule has 0 rings (SSSR count). The van der Waals surface area contributed by atoms with Crippen molar-refractivity contribution < 1.29 is 37.6 Å². The number of carbonyl (C=O) groups is 2. The molecule has 0 bridgehead atoms. The van der Waals surface area contributed by atoms with Gasteiger partial charge in [-0.2, -0.15) is 0 Å². The Kier molecular flexibility index (Phi) is 36.2. The Bertz CT molecular complexity index is 981. The highest BCUT2D eigenvalue weighted by atomic mass is 31.2. The molecule has 10 heteroatoms. The van der Waals surface area contributed by atoms with E-state index in [-0.39, 0.29) is 32.6 Å². The van der Waals surface area contributed by atoms with E-state index in [1.165, 1.54) is 83.5 Å². The molecular weight excluding hydrogens is 665 g/mol. The lowest BCUT2D eigenvalue weighted by atomic mass is 10.1. The molecule has 0 aromatic heterocycles. The molecule has 0 aromatic rings. The Morgan fingerprint density at radius 1 is 0.588 bits per heavy atom. The second kappa shape index (κ2) is 37.7. The third-order valence-corrected chi connectivity index (χ3v) is 9.20. The summed E-state index contributed by atoms with van der Waals surface area (Å²) in [5.74, 6) is -0.899. The lowest BCUT2D eigenvalue weighted by Gasteiger charge is -2.19. The molecule has 3 N–H and O–H groups in total. The van der Waals surface area contributed by atoms with Crippen LogP contribution in [0, 0.1) is 0 Å². The quantitative estimate of drug-likeness (QED) is 0.0276. The largest absolute Gasteiger partial charge is 0.472 e. The van der Waals surface area contributed by atoms with Crippen molar-refractivity contribution in [3.8, 4) is 0 Å². The van der Waals surface area contributed by atoms with Crippen molar-refractivity contribution in [3.05, 3.63) is 48.6 Å². The Hall–Kier alpha value is -2.03. The Morgan fingerprint density at radius 2 is 1.04 bits per heavy atom. The van der Waals surface area contributed by atoms with Crippen molar-refractivity contribution in [2.45, 2.75) is 174 Å². The number of nitrogens with two attached hydrogens (primary N) is 1. The molecular formula is C41H74NO8P. The average Bonchev–Trinajstić information content (AvgIpc) is 3.11. The minimum atomic E-state index is -4.38. The normalized spacial score (nSPS) is 13.9. The fourth-order valence-electron chi connectivity index (χ4n) is 5.21. The molecule has 0 fully saturated rings. The third kappa shape index (κ3) is 37.5. The standard InChI is InChI=1S/C41H74NO8P/c1-3-5-7-9-11-13-14-15-16-17-18-19-20-21-22-23-24-26-27-29-31-33-40(43)47-37-39(38-49-51(45,46)48-36-35-42)50-41(44)34-32-30-28-25-12-10-8-6-4-2/h16-17,19-20,22-23,26-27,39H,3-15,18,21,24-25,28-38,42H2,1-2H3,(H,45,46)/b17-16+,20-19+,23-22+,27-26+/t39-/m0/s1. The van der Waals surface area contributed by atoms with Gasteiger partial charge < -0.3 is 20.1 Å². The number of phosphoric ester groups is 1. The number of ether oxygens (including phenoxy) is 2. The molecule has 1 unspecified atom stereocenters. The predicted octanol–water partition coefficient (Wildman–Crippen LogP) is 11.2. The fourth-order valence-corrected chi connectivity index (χ4v) is 5.98. The molecule has 0 radical (unpaired) electrons. The summed E-state index contributed by atoms with van der Waals surface area (Å²) in [4.78, 5) is 34.6. The number of unbranched alkanes of at least 4 members (excludes halogenated alkanes) is 16. The first kappa shape index (κ1) is 49.0. The zero-order valence-electron chi connectivity index (χ0n) is 32.3. The highest BCUT2D eigenvalue weighted by molar-refractivity contribution is 7.47. The molecule has 0 saturated heterocycles. The first-order chi connectivity index (χ1) is 24.8. The smallest absolute Gasteiger partial charge is 0.462 e. The maximum absolute atomic E-state index is 12.5. The van der Waals surface area contributed by atoms with Crippen molar-refractivity contribution >= 4 is 19.8 Å². The number of rotatable bonds is 37. The third-order valence-electron chi connectivity index (χ3n) is 8.22. The van der Waals surface area contributed by atoms with E-state index in [4.69, 9.17) is 24.3 Å². The van der Waals surface area contributed by atoms with E-state index in [1.807, 2.05) is 0 Å². The second-order valence-corrected chi connectivity index (χ2v) is 14.6. The van der Waals surface area contributed by atoms with Crippen LogP contribution in [0.4, 0.5) is 0 Å². The molecule has 0 aliphatic carbocycles. The van der Waals surface area contributed by atoms with Gasteiger partial charge in [0.05, 0.1) is 13.2 Å². The van der Waals surface area contributed by atoms with Crippen LogP contribution in [0.25, 0.3) is 0 Å². The van der Waals surface area contributed by atoms with Gasteiger partial charge in [-0.25, -0.2) is 4.57 Å². The fraction of sp³-hybridized carbons (Fsp3) is 0.756. The van der Waals surface area contributed by atoms with Crippen LogP contribution in [-0.4, -0.2) is 49.3 Å². The van der Waals surface area contributed by atoms with Crippen LogP contribution in [0.3, 0.4) is 0 Å². The van der Waals surface area contributed by atoms with Crippen molar-refractivity contribution in [3.63, 3.8) is 0 Å². The average molecular weight is 740 g/mol. The number of esters is 2. The number of phosphoric acid groups is 1. The van der Waals surface area contributed by atoms with E-state index in [0.29, 0.717) is 12.8 Å². The SMILES string of the molecule is CCCCCCCCC/C=C/C/C=C/C/C=C/C/C=C/CCCC(=O)OC[C@@H](COP(=O)(O)OCCN)OC(=O)CCCCCCCCCCC. The number of hydrogen-bond donors (Lipinski definition) is 2. The molecule has 0 aliphatic heterocycles. The Balaban J connectivity index is 4.23. The van der Waals surface area contributed by atoms with E-state index < -0.39 is 32.5 Å². The van der Waals surface area contributed by atoms with Crippen molar-refractivity contribution in [2.75, 3.05) is 26.4 Å². The van der Waals surface area contributed by atoms with E-state index in [0.717, 1.165) is 44.9 Å². The highest BCUT2D eigenvalue weighted by Gasteiger charge is 2.25. The van der Waals surface area contributed by atoms with Gasteiger partial charge in [-0.3, -0.25) is 18.6 Å². The summed E-state index contributed by atoms with van der Waals surface area (Å²) in [5.41, 5.74) is 5.32. The number of carbonyl (C=O) groups excluding carboxylic acids is 2. The molecule has 0 aliphatic rings. The van der Waals surface area contributed by atoms with Crippen LogP contribution in [0.15, 0.2) is 48.6 Å². The summed E-state index contributed by atoms with van der Waals surface area (Å²) in [6.07, 6.45) is 41.6. The lowest BCUT2D eigenvalue weighted by molar-refractivity contribution is -0.161. The number of allylic oxidation sites excluding steroid dienone is 8. The minimum absolute atomic E-state index is 0.0455. The highest BCUT2D eigenvalue weighted by Crippen LogP contribution is 2.43. The zero-order valence-corrected chi connectivity index (χ0v) is 33.2. The summed E-state index contributed by atoms with van der Waals surface area (Å²) in [7, 11) is -4.38. The summed E-state index contributed by atoms with van der Waals surface area (Å²) >= 11 is 0. The van der Waals surface area contributed by atoms with E-state index >= 15 is 0 Å². The molecule has 9 nitrogen and oxygen atoms in total. The van der Waals surface area contributed by atoms with Gasteiger partial charge in [-0.15, -0.1) is 0 Å². The van der Waals surface area contributed by atoms with Crippen LogP contribution < -0.4 is 5.73 Å². The van der Waals surface area contributed by atoms with Crippen LogP contribution in [0.1, 0.15) is 168 Å². The topological polar surface area (TPSA) is 134 Å². The van der Waals surface area contributed by atoms with Gasteiger partial charge in [0.1, 0.15) is 6.61 Å². The predicted molar refractivity (Wildman–Crippen MR) is 210 cm³/mol. The first-order valence-electron chi connectivity index (χ1n) is 20.1. The van der Waals surface area contributed by atoms with Crippen LogP contribution in [0.5, 0.6) is 0 Å². The van der Waals surface area contributed by atoms with Crippen molar-refractivity contribution in [1.82, 2.24) is 0 Å². The number of hydrogen-bond acceptors (Lipinski definition) is 8. The minimum Gasteiger partial charge on any atom is -0.462 e. The molecule has 2 atom stereocenters. The van der Waals surface area contributed by atoms with Crippen LogP contribution in [-0.2, 0) is 32.7 Å². The molecule has 0 heterocycles. The molecule has 0 spiro atoms. The van der Waals surface area contributed by atoms with E-state index in [9.17, 15) is 19.0 Å². The molecule has 51 heavy (non-hydrogen) atoms. The molecule has 0 aromatic carbocycles. The maximum Gasteiger partial charge on any atom is 0.472 e. The van der Waals surface area contributed by atoms with Gasteiger partial charge in [-0.05, 0) is 51.4 Å². The molecule has 296 valence electrons. The monoisotopic (exact) mass is 740 g/mol. The van der Waals surface area contributed by atoms with E-state index in [1.54, 1.807) is 0 Å². The van der Waals surface area contributed by atoms with Crippen molar-refractivity contribution in [1.29, 1.82) is 0 Å². The van der Waals surface area contributed by atoms with Gasteiger partial charge in [0.25, 0.3) is 0 Å². The van der Waals surface area contributed by atoms with E-state index in [2.05, 4.69) is 62.5 Å². The lowest BCUT2D eigenvalue weighted by Crippen LogP contribution is -2.29. The second-order valence-electron chi connectivity index (χ2n) is 13.2. The Morgan fingerprint density at radius 3 is 1.57 bits per heavy atom. The first-order valence-corrected chi connectivity index (χ1v) is 21.6. The maximum atomic E-state index is 12.5.